The molecule has 0 atom stereocenters. The molecule has 5 nitrogen and oxygen atoms in total. The van der Waals surface area contributed by atoms with Gasteiger partial charge >= 0.3 is 0 Å². The Morgan fingerprint density at radius 3 is 2.75 bits per heavy atom. The van der Waals surface area contributed by atoms with E-state index in [1.807, 2.05) is 17.5 Å². The summed E-state index contributed by atoms with van der Waals surface area (Å²) in [5, 5.41) is 7.95. The lowest BCUT2D eigenvalue weighted by atomic mass is 10.4. The van der Waals surface area contributed by atoms with Crippen LogP contribution < -0.4 is 10.6 Å². The summed E-state index contributed by atoms with van der Waals surface area (Å²) in [5.41, 5.74) is 0. The van der Waals surface area contributed by atoms with Crippen molar-refractivity contribution in [2.75, 3.05) is 39.3 Å². The van der Waals surface area contributed by atoms with Crippen LogP contribution >= 0.6 is 35.3 Å². The Morgan fingerprint density at radius 2 is 2.08 bits per heavy atom. The van der Waals surface area contributed by atoms with Crippen LogP contribution in [0.2, 0.25) is 0 Å². The van der Waals surface area contributed by atoms with Crippen LogP contribution in [0.15, 0.2) is 11.2 Å². The Morgan fingerprint density at radius 1 is 1.29 bits per heavy atom. The van der Waals surface area contributed by atoms with Crippen LogP contribution in [0.25, 0.3) is 0 Å². The second-order valence-electron chi connectivity index (χ2n) is 5.91. The maximum atomic E-state index is 4.68. The summed E-state index contributed by atoms with van der Waals surface area (Å²) < 4.78 is 0. The molecule has 2 N–H and O–H groups in total. The van der Waals surface area contributed by atoms with Crippen molar-refractivity contribution in [2.45, 2.75) is 46.0 Å². The van der Waals surface area contributed by atoms with Crippen LogP contribution in [0.1, 0.15) is 43.0 Å². The third-order valence-electron chi connectivity index (χ3n) is 4.03. The smallest absolute Gasteiger partial charge is 0.191 e. The number of nitrogens with one attached hydrogen (secondary N) is 2. The lowest BCUT2D eigenvalue weighted by Crippen LogP contribution is -2.38. The summed E-state index contributed by atoms with van der Waals surface area (Å²) >= 11 is 1.82. The van der Waals surface area contributed by atoms with Crippen LogP contribution in [-0.2, 0) is 12.8 Å². The lowest BCUT2D eigenvalue weighted by Gasteiger charge is -2.14. The molecule has 0 amide bonds. The highest BCUT2D eigenvalue weighted by Gasteiger charge is 2.10. The molecule has 1 fully saturated rings. The molecule has 0 bridgehead atoms. The predicted molar refractivity (Wildman–Crippen MR) is 115 cm³/mol. The first kappa shape index (κ1) is 21.6. The summed E-state index contributed by atoms with van der Waals surface area (Å²) in [4.78, 5) is 13.0. The molecule has 0 aromatic carbocycles. The maximum absolute atomic E-state index is 4.68. The number of aryl methyl sites for hydroxylation is 1. The van der Waals surface area contributed by atoms with Gasteiger partial charge < -0.3 is 15.5 Å². The molecule has 0 aliphatic carbocycles. The van der Waals surface area contributed by atoms with E-state index in [0.29, 0.717) is 0 Å². The van der Waals surface area contributed by atoms with Crippen LogP contribution in [-0.4, -0.2) is 55.1 Å². The number of hydrogen-bond acceptors (Lipinski definition) is 4. The van der Waals surface area contributed by atoms with Crippen molar-refractivity contribution in [1.82, 2.24) is 20.5 Å². The average molecular weight is 465 g/mol. The minimum absolute atomic E-state index is 0. The highest BCUT2D eigenvalue weighted by atomic mass is 127. The van der Waals surface area contributed by atoms with Gasteiger partial charge in [0.25, 0.3) is 0 Å². The van der Waals surface area contributed by atoms with Gasteiger partial charge in [0, 0.05) is 37.1 Å². The van der Waals surface area contributed by atoms with E-state index in [1.54, 1.807) is 0 Å². The third kappa shape index (κ3) is 8.11. The van der Waals surface area contributed by atoms with Crippen molar-refractivity contribution in [1.29, 1.82) is 0 Å². The topological polar surface area (TPSA) is 52.6 Å². The number of hydrogen-bond donors (Lipinski definition) is 2. The molecule has 0 radical (unpaired) electrons. The van der Waals surface area contributed by atoms with E-state index in [2.05, 4.69) is 39.4 Å². The fraction of sp³-hybridized carbons (Fsp3) is 0.765. The van der Waals surface area contributed by atoms with Crippen LogP contribution in [0.4, 0.5) is 0 Å². The molecule has 1 aromatic heterocycles. The molecule has 1 aliphatic rings. The first-order chi connectivity index (χ1) is 11.3. The van der Waals surface area contributed by atoms with E-state index in [-0.39, 0.29) is 24.0 Å². The van der Waals surface area contributed by atoms with E-state index >= 15 is 0 Å². The fourth-order valence-corrected chi connectivity index (χ4v) is 3.61. The van der Waals surface area contributed by atoms with Crippen molar-refractivity contribution >= 4 is 41.3 Å². The lowest BCUT2D eigenvalue weighted by molar-refractivity contribution is 0.336. The van der Waals surface area contributed by atoms with Gasteiger partial charge in [-0.3, -0.25) is 4.99 Å². The van der Waals surface area contributed by atoms with E-state index in [9.17, 15) is 0 Å². The van der Waals surface area contributed by atoms with E-state index in [0.717, 1.165) is 44.9 Å². The minimum Gasteiger partial charge on any atom is -0.357 e. The minimum atomic E-state index is 0. The molecular weight excluding hydrogens is 433 g/mol. The van der Waals surface area contributed by atoms with Crippen molar-refractivity contribution in [3.63, 3.8) is 0 Å². The summed E-state index contributed by atoms with van der Waals surface area (Å²) in [6.45, 7) is 10.7. The van der Waals surface area contributed by atoms with Crippen LogP contribution in [0.3, 0.4) is 0 Å². The number of nitrogens with zero attached hydrogens (tertiary/aromatic N) is 3. The van der Waals surface area contributed by atoms with Gasteiger partial charge in [-0.15, -0.1) is 35.3 Å². The number of guanidine groups is 1. The number of rotatable bonds is 9. The predicted octanol–water partition coefficient (Wildman–Crippen LogP) is 2.91. The largest absolute Gasteiger partial charge is 0.357 e. The number of aliphatic imine (C=N–C) groups is 1. The van der Waals surface area contributed by atoms with Gasteiger partial charge in [0.05, 0.1) is 5.01 Å². The van der Waals surface area contributed by atoms with Crippen molar-refractivity contribution in [2.24, 2.45) is 4.99 Å². The highest BCUT2D eigenvalue weighted by Crippen LogP contribution is 2.13. The van der Waals surface area contributed by atoms with Gasteiger partial charge in [-0.2, -0.15) is 0 Å². The quantitative estimate of drug-likeness (QED) is 0.255. The van der Waals surface area contributed by atoms with Crippen LogP contribution in [0.5, 0.6) is 0 Å². The first-order valence-electron chi connectivity index (χ1n) is 9.00. The van der Waals surface area contributed by atoms with Gasteiger partial charge in [-0.05, 0) is 52.2 Å². The molecule has 1 aromatic rings. The van der Waals surface area contributed by atoms with Crippen molar-refractivity contribution < 1.29 is 0 Å². The molecule has 24 heavy (non-hydrogen) atoms. The van der Waals surface area contributed by atoms with Gasteiger partial charge in [-0.25, -0.2) is 4.98 Å². The summed E-state index contributed by atoms with van der Waals surface area (Å²) in [6, 6.07) is 0. The molecule has 1 saturated heterocycles. The van der Waals surface area contributed by atoms with Gasteiger partial charge in [-0.1, -0.05) is 6.92 Å². The second-order valence-corrected chi connectivity index (χ2v) is 7.11. The van der Waals surface area contributed by atoms with E-state index in [1.165, 1.54) is 42.4 Å². The van der Waals surface area contributed by atoms with Gasteiger partial charge in [0.15, 0.2) is 5.96 Å². The maximum Gasteiger partial charge on any atom is 0.191 e. The number of thiazole rings is 1. The second kappa shape index (κ2) is 12.9. The highest BCUT2D eigenvalue weighted by molar-refractivity contribution is 14.0. The molecule has 2 rings (SSSR count). The van der Waals surface area contributed by atoms with Crippen LogP contribution in [0, 0.1) is 0 Å². The Balaban J connectivity index is 0.00000288. The van der Waals surface area contributed by atoms with E-state index in [4.69, 9.17) is 0 Å². The van der Waals surface area contributed by atoms with Gasteiger partial charge in [0.1, 0.15) is 0 Å². The molecule has 0 spiro atoms. The summed E-state index contributed by atoms with van der Waals surface area (Å²) in [5.74, 6) is 0.932. The van der Waals surface area contributed by atoms with Crippen molar-refractivity contribution in [3.05, 3.63) is 16.1 Å². The zero-order valence-corrected chi connectivity index (χ0v) is 18.2. The Hall–Kier alpha value is -0.410. The Kier molecular flexibility index (Phi) is 11.6. The molecule has 0 unspecified atom stereocenters. The van der Waals surface area contributed by atoms with E-state index < -0.39 is 0 Å². The van der Waals surface area contributed by atoms with Crippen molar-refractivity contribution in [3.8, 4) is 0 Å². The summed E-state index contributed by atoms with van der Waals surface area (Å²) in [7, 11) is 0. The molecular formula is C17H32IN5S. The standard InChI is InChI=1S/C17H31N5S.HI/c1-3-15-14-21-16(23-15)8-10-20-17(18-4-2)19-9-7-13-22-11-5-6-12-22;/h14H,3-13H2,1-2H3,(H2,18,19,20);1H. The molecule has 2 heterocycles. The average Bonchev–Trinajstić information content (AvgIpc) is 3.23. The molecule has 0 saturated carbocycles. The zero-order chi connectivity index (χ0) is 16.3. The normalized spacial score (nSPS) is 15.3. The third-order valence-corrected chi connectivity index (χ3v) is 5.23. The molecule has 7 heteroatoms. The first-order valence-corrected chi connectivity index (χ1v) is 9.81. The van der Waals surface area contributed by atoms with Gasteiger partial charge in [0.2, 0.25) is 0 Å². The molecule has 138 valence electrons. The SMILES string of the molecule is CCNC(=NCCCN1CCCC1)NCCc1ncc(CC)s1.I. The molecule has 1 aliphatic heterocycles. The number of halogens is 1. The monoisotopic (exact) mass is 465 g/mol. The number of likely N-dealkylation sites (tertiary alicyclic amines) is 1. The number of aromatic nitrogens is 1. The summed E-state index contributed by atoms with van der Waals surface area (Å²) in [6.07, 6.45) is 7.91. The Bertz CT molecular complexity index is 471. The Labute approximate surface area is 167 Å². The fourth-order valence-electron chi connectivity index (χ4n) is 2.75. The zero-order valence-electron chi connectivity index (χ0n) is 15.0.